The molecule has 7 nitrogen and oxygen atoms in total. The summed E-state index contributed by atoms with van der Waals surface area (Å²) in [7, 11) is -1.33. The zero-order valence-electron chi connectivity index (χ0n) is 12.7. The van der Waals surface area contributed by atoms with Gasteiger partial charge >= 0.3 is 0 Å². The summed E-state index contributed by atoms with van der Waals surface area (Å²) >= 11 is 0. The van der Waals surface area contributed by atoms with E-state index in [4.69, 9.17) is 4.74 Å². The van der Waals surface area contributed by atoms with E-state index in [-0.39, 0.29) is 29.7 Å². The second-order valence-corrected chi connectivity index (χ2v) is 7.70. The molecule has 2 fully saturated rings. The number of likely N-dealkylation sites (tertiary alicyclic amines) is 1. The van der Waals surface area contributed by atoms with Gasteiger partial charge in [-0.15, -0.1) is 0 Å². The molecule has 2 aliphatic rings. The molecule has 0 aromatic heterocycles. The van der Waals surface area contributed by atoms with Crippen molar-refractivity contribution in [2.45, 2.75) is 31.8 Å². The van der Waals surface area contributed by atoms with Crippen LogP contribution in [0.3, 0.4) is 0 Å². The Morgan fingerprint density at radius 2 is 1.95 bits per heavy atom. The van der Waals surface area contributed by atoms with Crippen molar-refractivity contribution in [2.24, 2.45) is 5.92 Å². The van der Waals surface area contributed by atoms with E-state index in [2.05, 4.69) is 10.0 Å². The second-order valence-electron chi connectivity index (χ2n) is 5.66. The zero-order valence-corrected chi connectivity index (χ0v) is 13.5. The molecule has 2 heterocycles. The van der Waals surface area contributed by atoms with Crippen LogP contribution in [0.4, 0.5) is 0 Å². The van der Waals surface area contributed by atoms with Crippen LogP contribution in [0.2, 0.25) is 0 Å². The molecule has 2 N–H and O–H groups in total. The highest BCUT2D eigenvalue weighted by molar-refractivity contribution is 7.89. The van der Waals surface area contributed by atoms with Crippen molar-refractivity contribution in [3.8, 4) is 0 Å². The first kappa shape index (κ1) is 16.7. The largest absolute Gasteiger partial charge is 0.379 e. The number of hydrogen-bond acceptors (Lipinski definition) is 5. The molecule has 21 heavy (non-hydrogen) atoms. The van der Waals surface area contributed by atoms with E-state index in [0.717, 1.165) is 0 Å². The maximum absolute atomic E-state index is 12.5. The average Bonchev–Trinajstić information content (AvgIpc) is 2.95. The Labute approximate surface area is 126 Å². The first-order chi connectivity index (χ1) is 9.96. The number of sulfonamides is 1. The van der Waals surface area contributed by atoms with Crippen molar-refractivity contribution in [3.63, 3.8) is 0 Å². The molecule has 0 bridgehead atoms. The third-order valence-electron chi connectivity index (χ3n) is 4.30. The highest BCUT2D eigenvalue weighted by Crippen LogP contribution is 2.20. The van der Waals surface area contributed by atoms with Crippen molar-refractivity contribution in [1.82, 2.24) is 14.9 Å². The SMILES string of the molecule is CCS(=O)(=O)NC1CCN(C(=O)C2COCC2NC)CC1. The molecule has 0 aromatic carbocycles. The molecule has 8 heteroatoms. The van der Waals surface area contributed by atoms with E-state index in [1.807, 2.05) is 11.9 Å². The van der Waals surface area contributed by atoms with Crippen molar-refractivity contribution >= 4 is 15.9 Å². The van der Waals surface area contributed by atoms with Gasteiger partial charge in [-0.2, -0.15) is 0 Å². The van der Waals surface area contributed by atoms with E-state index in [1.165, 1.54) is 0 Å². The van der Waals surface area contributed by atoms with Gasteiger partial charge in [0.1, 0.15) is 0 Å². The number of nitrogens with one attached hydrogen (secondary N) is 2. The Balaban J connectivity index is 1.85. The molecule has 2 saturated heterocycles. The predicted octanol–water partition coefficient (Wildman–Crippen LogP) is -0.849. The smallest absolute Gasteiger partial charge is 0.229 e. The van der Waals surface area contributed by atoms with Crippen LogP contribution in [-0.2, 0) is 19.6 Å². The number of carbonyl (C=O) groups is 1. The number of rotatable bonds is 5. The van der Waals surface area contributed by atoms with Gasteiger partial charge in [0.25, 0.3) is 0 Å². The van der Waals surface area contributed by atoms with Crippen LogP contribution >= 0.6 is 0 Å². The molecule has 2 atom stereocenters. The third kappa shape index (κ3) is 4.15. The summed E-state index contributed by atoms with van der Waals surface area (Å²) in [5.41, 5.74) is 0. The van der Waals surface area contributed by atoms with Gasteiger partial charge < -0.3 is 15.0 Å². The molecule has 2 rings (SSSR count). The second kappa shape index (κ2) is 7.04. The molecular weight excluding hydrogens is 294 g/mol. The predicted molar refractivity (Wildman–Crippen MR) is 79.4 cm³/mol. The van der Waals surface area contributed by atoms with Crippen molar-refractivity contribution in [3.05, 3.63) is 0 Å². The monoisotopic (exact) mass is 319 g/mol. The topological polar surface area (TPSA) is 87.7 Å². The molecule has 2 unspecified atom stereocenters. The van der Waals surface area contributed by atoms with Gasteiger partial charge in [-0.1, -0.05) is 0 Å². The molecule has 122 valence electrons. The number of piperidine rings is 1. The maximum Gasteiger partial charge on any atom is 0.229 e. The fourth-order valence-corrected chi connectivity index (χ4v) is 3.78. The molecular formula is C13H25N3O4S. The molecule has 2 aliphatic heterocycles. The minimum absolute atomic E-state index is 0.0566. The highest BCUT2D eigenvalue weighted by Gasteiger charge is 2.37. The van der Waals surface area contributed by atoms with Gasteiger partial charge in [0.2, 0.25) is 15.9 Å². The zero-order chi connectivity index (χ0) is 15.5. The third-order valence-corrected chi connectivity index (χ3v) is 5.75. The van der Waals surface area contributed by atoms with E-state index in [1.54, 1.807) is 6.92 Å². The van der Waals surface area contributed by atoms with Crippen LogP contribution < -0.4 is 10.0 Å². The van der Waals surface area contributed by atoms with Gasteiger partial charge in [-0.05, 0) is 26.8 Å². The molecule has 0 saturated carbocycles. The Morgan fingerprint density at radius 3 is 2.52 bits per heavy atom. The van der Waals surface area contributed by atoms with E-state index < -0.39 is 10.0 Å². The summed E-state index contributed by atoms with van der Waals surface area (Å²) in [5, 5.41) is 3.12. The Hall–Kier alpha value is -0.700. The average molecular weight is 319 g/mol. The Morgan fingerprint density at radius 1 is 1.29 bits per heavy atom. The summed E-state index contributed by atoms with van der Waals surface area (Å²) in [6.45, 7) is 3.86. The standard InChI is InChI=1S/C13H25N3O4S/c1-3-21(18,19)15-10-4-6-16(7-5-10)13(17)11-8-20-9-12(11)14-2/h10-12,14-15H,3-9H2,1-2H3. The molecule has 0 radical (unpaired) electrons. The van der Waals surface area contributed by atoms with Gasteiger partial charge in [-0.25, -0.2) is 13.1 Å². The Bertz CT molecular complexity index is 460. The van der Waals surface area contributed by atoms with Crippen LogP contribution in [0.25, 0.3) is 0 Å². The lowest BCUT2D eigenvalue weighted by Crippen LogP contribution is -2.50. The van der Waals surface area contributed by atoms with Crippen LogP contribution in [0.15, 0.2) is 0 Å². The fraction of sp³-hybridized carbons (Fsp3) is 0.923. The van der Waals surface area contributed by atoms with Gasteiger partial charge in [0.15, 0.2) is 0 Å². The van der Waals surface area contributed by atoms with Crippen molar-refractivity contribution in [2.75, 3.05) is 39.1 Å². The number of nitrogens with zero attached hydrogens (tertiary/aromatic N) is 1. The summed E-state index contributed by atoms with van der Waals surface area (Å²) < 4.78 is 31.2. The van der Waals surface area contributed by atoms with Crippen molar-refractivity contribution in [1.29, 1.82) is 0 Å². The number of carbonyl (C=O) groups excluding carboxylic acids is 1. The summed E-state index contributed by atoms with van der Waals surface area (Å²) in [6, 6.07) is 0.0211. The lowest BCUT2D eigenvalue weighted by Gasteiger charge is -2.34. The number of amides is 1. The molecule has 0 spiro atoms. The van der Waals surface area contributed by atoms with Crippen molar-refractivity contribution < 1.29 is 17.9 Å². The summed E-state index contributed by atoms with van der Waals surface area (Å²) in [4.78, 5) is 14.3. The molecule has 0 aromatic rings. The van der Waals surface area contributed by atoms with Crippen LogP contribution in [0.5, 0.6) is 0 Å². The van der Waals surface area contributed by atoms with Crippen LogP contribution in [0, 0.1) is 5.92 Å². The maximum atomic E-state index is 12.5. The van der Waals surface area contributed by atoms with E-state index >= 15 is 0 Å². The van der Waals surface area contributed by atoms with Gasteiger partial charge in [0.05, 0.1) is 24.9 Å². The quantitative estimate of drug-likeness (QED) is 0.689. The minimum atomic E-state index is -3.17. The summed E-state index contributed by atoms with van der Waals surface area (Å²) in [6.07, 6.45) is 1.34. The van der Waals surface area contributed by atoms with E-state index in [9.17, 15) is 13.2 Å². The minimum Gasteiger partial charge on any atom is -0.379 e. The Kier molecular flexibility index (Phi) is 5.59. The lowest BCUT2D eigenvalue weighted by atomic mass is 9.99. The lowest BCUT2D eigenvalue weighted by molar-refractivity contribution is -0.137. The summed E-state index contributed by atoms with van der Waals surface area (Å²) in [5.74, 6) is 0.0811. The molecule has 0 aliphatic carbocycles. The van der Waals surface area contributed by atoms with E-state index in [0.29, 0.717) is 39.1 Å². The highest BCUT2D eigenvalue weighted by atomic mass is 32.2. The normalized spacial score (nSPS) is 28.0. The van der Waals surface area contributed by atoms with Crippen LogP contribution in [-0.4, -0.2) is 70.4 Å². The van der Waals surface area contributed by atoms with Crippen LogP contribution in [0.1, 0.15) is 19.8 Å². The number of hydrogen-bond donors (Lipinski definition) is 2. The van der Waals surface area contributed by atoms with Gasteiger partial charge in [0, 0.05) is 25.2 Å². The van der Waals surface area contributed by atoms with Gasteiger partial charge in [-0.3, -0.25) is 4.79 Å². The number of ether oxygens (including phenoxy) is 1. The first-order valence-corrected chi connectivity index (χ1v) is 9.16. The first-order valence-electron chi connectivity index (χ1n) is 7.50. The number of likely N-dealkylation sites (N-methyl/N-ethyl adjacent to an activating group) is 1. The molecule has 1 amide bonds. The fourth-order valence-electron chi connectivity index (χ4n) is 2.87.